The number of aliphatic hydroxyl groups excluding tert-OH is 1. The monoisotopic (exact) mass is 530 g/mol. The van der Waals surface area contributed by atoms with Gasteiger partial charge in [0.15, 0.2) is 5.78 Å². The molecule has 2 aromatic rings. The number of hydrogen-bond donors (Lipinski definition) is 2. The first-order chi connectivity index (χ1) is 17.2. The first-order valence-electron chi connectivity index (χ1n) is 11.6. The summed E-state index contributed by atoms with van der Waals surface area (Å²) in [6.07, 6.45) is -0.868. The van der Waals surface area contributed by atoms with Crippen LogP contribution in [0.2, 0.25) is 10.0 Å². The van der Waals surface area contributed by atoms with Crippen LogP contribution in [0.1, 0.15) is 24.0 Å². The number of allylic oxidation sites excluding steroid dienone is 1. The number of ether oxygens (including phenoxy) is 2. The van der Waals surface area contributed by atoms with Crippen LogP contribution in [0.4, 0.5) is 0 Å². The number of β-amino-alcohol motifs (C(OH)–C–C–N with tert-alkyl or cyclic N) is 1. The number of dihydropyridines is 1. The predicted molar refractivity (Wildman–Crippen MR) is 138 cm³/mol. The van der Waals surface area contributed by atoms with Gasteiger partial charge in [0.1, 0.15) is 23.5 Å². The van der Waals surface area contributed by atoms with Crippen LogP contribution in [0.5, 0.6) is 5.75 Å². The van der Waals surface area contributed by atoms with Gasteiger partial charge in [-0.25, -0.2) is 4.79 Å². The average molecular weight is 531 g/mol. The minimum Gasteiger partial charge on any atom is -0.489 e. The number of ketones is 1. The Balaban J connectivity index is 1.55. The van der Waals surface area contributed by atoms with Crippen molar-refractivity contribution in [2.45, 2.75) is 25.9 Å². The molecule has 0 spiro atoms. The third kappa shape index (κ3) is 5.30. The highest BCUT2D eigenvalue weighted by atomic mass is 35.5. The zero-order chi connectivity index (χ0) is 26.0. The third-order valence-corrected chi connectivity index (χ3v) is 7.22. The maximum absolute atomic E-state index is 13.5. The van der Waals surface area contributed by atoms with Gasteiger partial charge in [-0.05, 0) is 37.1 Å². The molecule has 2 atom stereocenters. The van der Waals surface area contributed by atoms with E-state index in [1.807, 2.05) is 43.0 Å². The van der Waals surface area contributed by atoms with E-state index in [9.17, 15) is 14.7 Å². The van der Waals surface area contributed by atoms with Crippen LogP contribution in [0.3, 0.4) is 0 Å². The van der Waals surface area contributed by atoms with Crippen molar-refractivity contribution in [2.24, 2.45) is 0 Å². The normalized spacial score (nSPS) is 19.1. The van der Waals surface area contributed by atoms with Crippen molar-refractivity contribution in [2.75, 3.05) is 33.4 Å². The highest BCUT2D eigenvalue weighted by molar-refractivity contribution is 6.42. The van der Waals surface area contributed by atoms with Gasteiger partial charge < -0.3 is 19.9 Å². The van der Waals surface area contributed by atoms with Crippen molar-refractivity contribution in [3.63, 3.8) is 0 Å². The molecule has 0 saturated heterocycles. The van der Waals surface area contributed by atoms with Gasteiger partial charge in [-0.15, -0.1) is 0 Å². The van der Waals surface area contributed by atoms with E-state index < -0.39 is 18.0 Å². The molecular formula is C27H28Cl2N2O5. The summed E-state index contributed by atoms with van der Waals surface area (Å²) in [6.45, 7) is 4.48. The summed E-state index contributed by atoms with van der Waals surface area (Å²) in [7, 11) is 1.34. The molecule has 7 nitrogen and oxygen atoms in total. The Kier molecular flexibility index (Phi) is 8.05. The molecule has 0 fully saturated rings. The number of hydrogen-bond acceptors (Lipinski definition) is 7. The van der Waals surface area contributed by atoms with Gasteiger partial charge in [0.2, 0.25) is 0 Å². The van der Waals surface area contributed by atoms with Gasteiger partial charge in [0, 0.05) is 36.0 Å². The Morgan fingerprint density at radius 1 is 1.17 bits per heavy atom. The number of carbonyl (C=O) groups is 2. The van der Waals surface area contributed by atoms with Gasteiger partial charge in [0.05, 0.1) is 24.3 Å². The maximum atomic E-state index is 13.5. The molecule has 36 heavy (non-hydrogen) atoms. The molecule has 9 heteroatoms. The largest absolute Gasteiger partial charge is 0.489 e. The Labute approximate surface area is 220 Å². The van der Waals surface area contributed by atoms with E-state index in [0.29, 0.717) is 34.2 Å². The molecular weight excluding hydrogens is 503 g/mol. The molecule has 2 unspecified atom stereocenters. The molecule has 0 radical (unpaired) electrons. The van der Waals surface area contributed by atoms with Gasteiger partial charge in [-0.1, -0.05) is 53.5 Å². The van der Waals surface area contributed by atoms with Crippen molar-refractivity contribution in [1.82, 2.24) is 10.2 Å². The number of benzene rings is 2. The van der Waals surface area contributed by atoms with Crippen molar-refractivity contribution < 1.29 is 24.2 Å². The highest BCUT2D eigenvalue weighted by Crippen LogP contribution is 2.41. The van der Waals surface area contributed by atoms with Gasteiger partial charge in [0.25, 0.3) is 0 Å². The molecule has 0 bridgehead atoms. The number of esters is 1. The SMILES string of the molecule is COC(=O)C1=C(C)NC2=C(C(=O)CN(CC(O)COc3cccc(Cl)c3Cl)C2)C1c1ccccc1C. The topological polar surface area (TPSA) is 88.1 Å². The zero-order valence-electron chi connectivity index (χ0n) is 20.3. The number of nitrogens with zero attached hydrogens (tertiary/aromatic N) is 1. The van der Waals surface area contributed by atoms with E-state index in [-0.39, 0.29) is 30.5 Å². The lowest BCUT2D eigenvalue weighted by Gasteiger charge is -2.38. The van der Waals surface area contributed by atoms with Crippen LogP contribution in [0.15, 0.2) is 65.0 Å². The summed E-state index contributed by atoms with van der Waals surface area (Å²) in [5.41, 5.74) is 4.22. The number of nitrogens with one attached hydrogen (secondary N) is 1. The third-order valence-electron chi connectivity index (χ3n) is 6.42. The van der Waals surface area contributed by atoms with Crippen molar-refractivity contribution >= 4 is 35.0 Å². The Bertz CT molecular complexity index is 1260. The number of Topliss-reactive ketones (excluding diaryl/α,β-unsaturated/α-hetero) is 1. The van der Waals surface area contributed by atoms with Gasteiger partial charge >= 0.3 is 5.97 Å². The quantitative estimate of drug-likeness (QED) is 0.522. The predicted octanol–water partition coefficient (Wildman–Crippen LogP) is 4.01. The van der Waals surface area contributed by atoms with E-state index in [1.54, 1.807) is 18.2 Å². The first kappa shape index (κ1) is 26.2. The van der Waals surface area contributed by atoms with Gasteiger partial charge in [-0.2, -0.15) is 0 Å². The van der Waals surface area contributed by atoms with Crippen molar-refractivity contribution in [3.8, 4) is 5.75 Å². The second-order valence-electron chi connectivity index (χ2n) is 8.95. The molecule has 0 aliphatic carbocycles. The Morgan fingerprint density at radius 3 is 2.64 bits per heavy atom. The number of methoxy groups -OCH3 is 1. The van der Waals surface area contributed by atoms with E-state index >= 15 is 0 Å². The smallest absolute Gasteiger partial charge is 0.336 e. The Hall–Kier alpha value is -2.84. The zero-order valence-corrected chi connectivity index (χ0v) is 21.8. The lowest BCUT2D eigenvalue weighted by molar-refractivity contribution is -0.136. The summed E-state index contributed by atoms with van der Waals surface area (Å²) in [5.74, 6) is -0.726. The minimum absolute atomic E-state index is 0.0126. The molecule has 2 aliphatic rings. The average Bonchev–Trinajstić information content (AvgIpc) is 2.84. The number of aryl methyl sites for hydroxylation is 1. The van der Waals surface area contributed by atoms with Gasteiger partial charge in [-0.3, -0.25) is 9.69 Å². The summed E-state index contributed by atoms with van der Waals surface area (Å²) in [4.78, 5) is 28.1. The van der Waals surface area contributed by atoms with E-state index in [0.717, 1.165) is 16.8 Å². The second kappa shape index (κ2) is 11.0. The number of carbonyl (C=O) groups excluding carboxylic acids is 2. The van der Waals surface area contributed by atoms with E-state index in [4.69, 9.17) is 32.7 Å². The maximum Gasteiger partial charge on any atom is 0.336 e. The molecule has 2 aliphatic heterocycles. The fourth-order valence-electron chi connectivity index (χ4n) is 4.78. The van der Waals surface area contributed by atoms with E-state index in [1.165, 1.54) is 7.11 Å². The van der Waals surface area contributed by atoms with Crippen LogP contribution in [-0.2, 0) is 14.3 Å². The van der Waals surface area contributed by atoms with Crippen LogP contribution < -0.4 is 10.1 Å². The van der Waals surface area contributed by atoms with Crippen LogP contribution in [0, 0.1) is 6.92 Å². The molecule has 190 valence electrons. The fraction of sp³-hybridized carbons (Fsp3) is 0.333. The van der Waals surface area contributed by atoms with E-state index in [2.05, 4.69) is 5.32 Å². The molecule has 0 aromatic heterocycles. The fourth-order valence-corrected chi connectivity index (χ4v) is 5.13. The summed E-state index contributed by atoms with van der Waals surface area (Å²) >= 11 is 12.2. The lowest BCUT2D eigenvalue weighted by Crippen LogP contribution is -2.48. The summed E-state index contributed by atoms with van der Waals surface area (Å²) < 4.78 is 10.7. The number of rotatable bonds is 7. The lowest BCUT2D eigenvalue weighted by atomic mass is 9.76. The number of aliphatic hydroxyl groups is 1. The number of halogens is 2. The standard InChI is InChI=1S/C27H28Cl2N2O5/c1-15-7-4-5-8-18(15)24-23(27(34)35-3)16(2)30-20-12-31(13-21(33)25(20)24)11-17(32)14-36-22-10-6-9-19(28)26(22)29/h4-10,17,24,30,32H,11-14H2,1-3H3. The second-order valence-corrected chi connectivity index (χ2v) is 9.73. The van der Waals surface area contributed by atoms with Crippen LogP contribution in [-0.4, -0.2) is 61.2 Å². The highest BCUT2D eigenvalue weighted by Gasteiger charge is 2.41. The Morgan fingerprint density at radius 2 is 1.92 bits per heavy atom. The first-order valence-corrected chi connectivity index (χ1v) is 12.3. The minimum atomic E-state index is -0.868. The molecule has 0 amide bonds. The van der Waals surface area contributed by atoms with Crippen LogP contribution >= 0.6 is 23.2 Å². The van der Waals surface area contributed by atoms with Crippen molar-refractivity contribution in [3.05, 3.63) is 86.2 Å². The molecule has 2 heterocycles. The van der Waals surface area contributed by atoms with Crippen molar-refractivity contribution in [1.29, 1.82) is 0 Å². The molecule has 2 aromatic carbocycles. The molecule has 0 saturated carbocycles. The summed E-state index contributed by atoms with van der Waals surface area (Å²) in [5, 5.41) is 14.5. The molecule has 2 N–H and O–H groups in total. The summed E-state index contributed by atoms with van der Waals surface area (Å²) in [6, 6.07) is 12.8. The van der Waals surface area contributed by atoms with Crippen LogP contribution in [0.25, 0.3) is 0 Å². The molecule has 4 rings (SSSR count).